The summed E-state index contributed by atoms with van der Waals surface area (Å²) in [5.41, 5.74) is 1.46. The highest BCUT2D eigenvalue weighted by molar-refractivity contribution is 7.99. The first-order valence-electron chi connectivity index (χ1n) is 6.24. The van der Waals surface area contributed by atoms with Crippen LogP contribution in [0.4, 0.5) is 5.82 Å². The maximum absolute atomic E-state index is 4.49. The lowest BCUT2D eigenvalue weighted by molar-refractivity contribution is 0.947. The zero-order valence-corrected chi connectivity index (χ0v) is 11.7. The zero-order valence-electron chi connectivity index (χ0n) is 10.9. The summed E-state index contributed by atoms with van der Waals surface area (Å²) in [6.07, 6.45) is 7.57. The monoisotopic (exact) mass is 287 g/mol. The van der Waals surface area contributed by atoms with Crippen LogP contribution in [0.15, 0.2) is 35.1 Å². The number of hydrogen-bond donors (Lipinski definition) is 2. The SMILES string of the molecule is CCCNc1cncc(Sc2ncnc3nc[nH]c23)n1. The third-order valence-electron chi connectivity index (χ3n) is 2.56. The Morgan fingerprint density at radius 1 is 1.25 bits per heavy atom. The van der Waals surface area contributed by atoms with Gasteiger partial charge in [-0.25, -0.2) is 19.9 Å². The Kier molecular flexibility index (Phi) is 3.73. The lowest BCUT2D eigenvalue weighted by Gasteiger charge is -2.05. The standard InChI is InChI=1S/C12H13N7S/c1-2-3-14-8-4-13-5-9(19-8)20-12-10-11(16-6-15-10)17-7-18-12/h4-7H,2-3H2,1H3,(H,14,19)(H,15,16,17,18). The number of nitrogens with zero attached hydrogens (tertiary/aromatic N) is 5. The van der Waals surface area contributed by atoms with Gasteiger partial charge in [0.1, 0.15) is 27.7 Å². The van der Waals surface area contributed by atoms with Crippen molar-refractivity contribution in [3.63, 3.8) is 0 Å². The molecular weight excluding hydrogens is 274 g/mol. The van der Waals surface area contributed by atoms with E-state index in [1.54, 1.807) is 18.7 Å². The van der Waals surface area contributed by atoms with Crippen LogP contribution in [0.3, 0.4) is 0 Å². The fourth-order valence-electron chi connectivity index (χ4n) is 1.65. The molecule has 3 rings (SSSR count). The smallest absolute Gasteiger partial charge is 0.181 e. The molecule has 2 N–H and O–H groups in total. The quantitative estimate of drug-likeness (QED) is 0.694. The highest BCUT2D eigenvalue weighted by atomic mass is 32.2. The van der Waals surface area contributed by atoms with Crippen LogP contribution in [0.1, 0.15) is 13.3 Å². The molecule has 0 radical (unpaired) electrons. The minimum absolute atomic E-state index is 0.649. The molecule has 0 aliphatic carbocycles. The molecule has 0 fully saturated rings. The second kappa shape index (κ2) is 5.83. The van der Waals surface area contributed by atoms with Crippen LogP contribution in [0.2, 0.25) is 0 Å². The van der Waals surface area contributed by atoms with E-state index in [1.165, 1.54) is 18.1 Å². The van der Waals surface area contributed by atoms with Crippen LogP contribution in [-0.4, -0.2) is 36.4 Å². The van der Waals surface area contributed by atoms with Crippen molar-refractivity contribution in [1.29, 1.82) is 0 Å². The van der Waals surface area contributed by atoms with Gasteiger partial charge in [0.25, 0.3) is 0 Å². The molecule has 0 spiro atoms. The fourth-order valence-corrected chi connectivity index (χ4v) is 2.46. The van der Waals surface area contributed by atoms with Gasteiger partial charge in [0.05, 0.1) is 18.7 Å². The van der Waals surface area contributed by atoms with Crippen LogP contribution in [0.5, 0.6) is 0 Å². The fraction of sp³-hybridized carbons (Fsp3) is 0.250. The van der Waals surface area contributed by atoms with Gasteiger partial charge >= 0.3 is 0 Å². The van der Waals surface area contributed by atoms with E-state index >= 15 is 0 Å². The van der Waals surface area contributed by atoms with Gasteiger partial charge in [-0.3, -0.25) is 4.98 Å². The van der Waals surface area contributed by atoms with E-state index in [0.717, 1.165) is 34.4 Å². The van der Waals surface area contributed by atoms with Crippen molar-refractivity contribution in [2.45, 2.75) is 23.4 Å². The number of rotatable bonds is 5. The Morgan fingerprint density at radius 2 is 2.20 bits per heavy atom. The van der Waals surface area contributed by atoms with Gasteiger partial charge in [0.2, 0.25) is 0 Å². The van der Waals surface area contributed by atoms with Gasteiger partial charge in [0, 0.05) is 6.54 Å². The van der Waals surface area contributed by atoms with Crippen LogP contribution in [-0.2, 0) is 0 Å². The van der Waals surface area contributed by atoms with Crippen molar-refractivity contribution < 1.29 is 0 Å². The molecule has 7 nitrogen and oxygen atoms in total. The van der Waals surface area contributed by atoms with E-state index in [4.69, 9.17) is 0 Å². The molecule has 0 aromatic carbocycles. The van der Waals surface area contributed by atoms with E-state index in [2.05, 4.69) is 42.1 Å². The van der Waals surface area contributed by atoms with E-state index in [0.29, 0.717) is 5.65 Å². The molecule has 3 aromatic heterocycles. The molecule has 0 atom stereocenters. The van der Waals surface area contributed by atoms with Crippen molar-refractivity contribution in [2.24, 2.45) is 0 Å². The number of imidazole rings is 1. The second-order valence-electron chi connectivity index (χ2n) is 4.05. The lowest BCUT2D eigenvalue weighted by atomic mass is 10.5. The second-order valence-corrected chi connectivity index (χ2v) is 5.06. The van der Waals surface area contributed by atoms with Crippen molar-refractivity contribution in [3.05, 3.63) is 25.0 Å². The number of aromatic amines is 1. The molecule has 0 aliphatic rings. The van der Waals surface area contributed by atoms with Crippen molar-refractivity contribution >= 4 is 28.7 Å². The minimum atomic E-state index is 0.649. The highest BCUT2D eigenvalue weighted by Crippen LogP contribution is 2.28. The average Bonchev–Trinajstić information content (AvgIpc) is 2.95. The molecule has 0 saturated carbocycles. The molecule has 3 aromatic rings. The maximum Gasteiger partial charge on any atom is 0.181 e. The van der Waals surface area contributed by atoms with Gasteiger partial charge in [-0.2, -0.15) is 0 Å². The number of fused-ring (bicyclic) bond motifs is 1. The van der Waals surface area contributed by atoms with Crippen molar-refractivity contribution in [3.8, 4) is 0 Å². The molecule has 0 aliphatic heterocycles. The number of H-pyrrole nitrogens is 1. The van der Waals surface area contributed by atoms with Gasteiger partial charge < -0.3 is 10.3 Å². The van der Waals surface area contributed by atoms with Crippen LogP contribution in [0, 0.1) is 0 Å². The summed E-state index contributed by atoms with van der Waals surface area (Å²) in [6.45, 7) is 2.98. The molecule has 0 amide bonds. The number of nitrogens with one attached hydrogen (secondary N) is 2. The van der Waals surface area contributed by atoms with Crippen molar-refractivity contribution in [1.82, 2.24) is 29.9 Å². The van der Waals surface area contributed by atoms with E-state index in [-0.39, 0.29) is 0 Å². The Hall–Kier alpha value is -2.22. The van der Waals surface area contributed by atoms with E-state index < -0.39 is 0 Å². The molecule has 0 saturated heterocycles. The molecular formula is C12H13N7S. The van der Waals surface area contributed by atoms with E-state index in [1.807, 2.05) is 0 Å². The summed E-state index contributed by atoms with van der Waals surface area (Å²) in [6, 6.07) is 0. The first-order valence-corrected chi connectivity index (χ1v) is 7.06. The lowest BCUT2D eigenvalue weighted by Crippen LogP contribution is -2.02. The molecule has 0 unspecified atom stereocenters. The number of hydrogen-bond acceptors (Lipinski definition) is 7. The topological polar surface area (TPSA) is 92.3 Å². The average molecular weight is 287 g/mol. The summed E-state index contributed by atoms with van der Waals surface area (Å²) >= 11 is 1.43. The predicted octanol–water partition coefficient (Wildman–Crippen LogP) is 2.12. The molecule has 20 heavy (non-hydrogen) atoms. The normalized spacial score (nSPS) is 10.8. The van der Waals surface area contributed by atoms with Crippen LogP contribution in [0.25, 0.3) is 11.2 Å². The highest BCUT2D eigenvalue weighted by Gasteiger charge is 2.09. The van der Waals surface area contributed by atoms with Gasteiger partial charge in [-0.1, -0.05) is 6.92 Å². The van der Waals surface area contributed by atoms with Crippen LogP contribution < -0.4 is 5.32 Å². The Morgan fingerprint density at radius 3 is 3.10 bits per heavy atom. The summed E-state index contributed by atoms with van der Waals surface area (Å²) < 4.78 is 0. The van der Waals surface area contributed by atoms with Gasteiger partial charge in [-0.05, 0) is 18.2 Å². The Balaban J connectivity index is 1.85. The van der Waals surface area contributed by atoms with E-state index in [9.17, 15) is 0 Å². The van der Waals surface area contributed by atoms with Gasteiger partial charge in [0.15, 0.2) is 5.65 Å². The Bertz CT molecular complexity index is 712. The molecule has 3 heterocycles. The number of aromatic nitrogens is 6. The summed E-state index contributed by atoms with van der Waals surface area (Å²) in [4.78, 5) is 24.2. The third-order valence-corrected chi connectivity index (χ3v) is 3.47. The first-order chi connectivity index (χ1) is 9.86. The summed E-state index contributed by atoms with van der Waals surface area (Å²) in [5.74, 6) is 0.770. The van der Waals surface area contributed by atoms with Crippen molar-refractivity contribution in [2.75, 3.05) is 11.9 Å². The minimum Gasteiger partial charge on any atom is -0.369 e. The Labute approximate surface area is 119 Å². The zero-order chi connectivity index (χ0) is 13.8. The molecule has 102 valence electrons. The predicted molar refractivity (Wildman–Crippen MR) is 76.6 cm³/mol. The third kappa shape index (κ3) is 2.69. The maximum atomic E-state index is 4.49. The largest absolute Gasteiger partial charge is 0.369 e. The molecule has 8 heteroatoms. The summed E-state index contributed by atoms with van der Waals surface area (Å²) in [7, 11) is 0. The summed E-state index contributed by atoms with van der Waals surface area (Å²) in [5, 5.41) is 4.78. The van der Waals surface area contributed by atoms with Crippen LogP contribution >= 0.6 is 11.8 Å². The number of anilines is 1. The first kappa shape index (κ1) is 12.8. The van der Waals surface area contributed by atoms with Gasteiger partial charge in [-0.15, -0.1) is 0 Å². The molecule has 0 bridgehead atoms.